The number of ether oxygens (including phenoxy) is 1. The van der Waals surface area contributed by atoms with Gasteiger partial charge in [0.2, 0.25) is 15.9 Å². The summed E-state index contributed by atoms with van der Waals surface area (Å²) in [6, 6.07) is 11.0. The number of anilines is 1. The van der Waals surface area contributed by atoms with Crippen molar-refractivity contribution < 1.29 is 22.7 Å². The molecule has 2 aromatic rings. The summed E-state index contributed by atoms with van der Waals surface area (Å²) < 4.78 is 34.2. The lowest BCUT2D eigenvalue weighted by Crippen LogP contribution is -2.30. The molecule has 7 nitrogen and oxygen atoms in total. The van der Waals surface area contributed by atoms with Crippen molar-refractivity contribution in [2.24, 2.45) is 0 Å². The first-order chi connectivity index (χ1) is 13.7. The smallest absolute Gasteiger partial charge is 0.307 e. The number of nitrogens with zero attached hydrogens (tertiary/aromatic N) is 1. The van der Waals surface area contributed by atoms with Gasteiger partial charge in [0.05, 0.1) is 24.5 Å². The quantitative estimate of drug-likeness (QED) is 0.641. The maximum Gasteiger partial charge on any atom is 0.307 e. The highest BCUT2D eigenvalue weighted by molar-refractivity contribution is 9.10. The van der Waals surface area contributed by atoms with E-state index in [1.165, 1.54) is 20.1 Å². The summed E-state index contributed by atoms with van der Waals surface area (Å²) in [5.41, 5.74) is 2.17. The molecule has 29 heavy (non-hydrogen) atoms. The third kappa shape index (κ3) is 4.85. The molecule has 1 unspecified atom stereocenters. The van der Waals surface area contributed by atoms with E-state index in [0.29, 0.717) is 18.5 Å². The van der Waals surface area contributed by atoms with Gasteiger partial charge in [0.15, 0.2) is 0 Å². The predicted octanol–water partition coefficient (Wildman–Crippen LogP) is 2.94. The van der Waals surface area contributed by atoms with Crippen molar-refractivity contribution in [1.82, 2.24) is 4.72 Å². The normalized spacial score (nSPS) is 14.4. The van der Waals surface area contributed by atoms with Crippen molar-refractivity contribution in [3.8, 4) is 0 Å². The number of hydrogen-bond donors (Lipinski definition) is 1. The summed E-state index contributed by atoms with van der Waals surface area (Å²) in [7, 11) is -2.65. The van der Waals surface area contributed by atoms with Crippen LogP contribution in [0.25, 0.3) is 0 Å². The topological polar surface area (TPSA) is 92.8 Å². The maximum atomic E-state index is 13.0. The number of esters is 1. The van der Waals surface area contributed by atoms with E-state index in [1.807, 2.05) is 6.07 Å². The molecule has 0 fully saturated rings. The second-order valence-electron chi connectivity index (χ2n) is 6.72. The molecule has 1 atom stereocenters. The van der Waals surface area contributed by atoms with Crippen LogP contribution >= 0.6 is 15.9 Å². The molecule has 0 aliphatic carbocycles. The third-order valence-corrected chi connectivity index (χ3v) is 6.75. The first-order valence-corrected chi connectivity index (χ1v) is 11.2. The molecule has 1 heterocycles. The molecule has 0 spiro atoms. The Morgan fingerprint density at radius 2 is 2.00 bits per heavy atom. The van der Waals surface area contributed by atoms with E-state index in [-0.39, 0.29) is 17.2 Å². The molecule has 1 N–H and O–H groups in total. The van der Waals surface area contributed by atoms with Gasteiger partial charge in [-0.2, -0.15) is 0 Å². The maximum absolute atomic E-state index is 13.0. The van der Waals surface area contributed by atoms with Gasteiger partial charge in [-0.3, -0.25) is 9.59 Å². The molecule has 1 amide bonds. The highest BCUT2D eigenvalue weighted by atomic mass is 79.9. The molecule has 2 aromatic carbocycles. The molecule has 0 bridgehead atoms. The van der Waals surface area contributed by atoms with Gasteiger partial charge in [-0.25, -0.2) is 13.1 Å². The van der Waals surface area contributed by atoms with Crippen molar-refractivity contribution >= 4 is 43.5 Å². The Labute approximate surface area is 178 Å². The van der Waals surface area contributed by atoms with Crippen LogP contribution in [0.4, 0.5) is 5.69 Å². The van der Waals surface area contributed by atoms with E-state index >= 15 is 0 Å². The predicted molar refractivity (Wildman–Crippen MR) is 112 cm³/mol. The average Bonchev–Trinajstić information content (AvgIpc) is 3.10. The number of fused-ring (bicyclic) bond motifs is 1. The van der Waals surface area contributed by atoms with E-state index in [2.05, 4.69) is 20.7 Å². The van der Waals surface area contributed by atoms with Crippen LogP contribution in [0.15, 0.2) is 51.8 Å². The molecule has 0 saturated heterocycles. The Balaban J connectivity index is 1.91. The van der Waals surface area contributed by atoms with Crippen LogP contribution < -0.4 is 9.62 Å². The lowest BCUT2D eigenvalue weighted by molar-refractivity contribution is -0.141. The third-order valence-electron chi connectivity index (χ3n) is 4.78. The number of hydrogen-bond acceptors (Lipinski definition) is 5. The summed E-state index contributed by atoms with van der Waals surface area (Å²) in [6.07, 6.45) is 0.449. The van der Waals surface area contributed by atoms with E-state index in [4.69, 9.17) is 4.74 Å². The monoisotopic (exact) mass is 480 g/mol. The van der Waals surface area contributed by atoms with Gasteiger partial charge in [0, 0.05) is 23.6 Å². The summed E-state index contributed by atoms with van der Waals surface area (Å²) in [4.78, 5) is 25.3. The standard InChI is InChI=1S/C20H21BrN2O5S/c1-13(24)23-9-8-15-11-17(6-7-19(15)23)29(26,27)22-18(12-20(25)28-2)14-4-3-5-16(21)10-14/h3-7,10-11,18,22H,8-9,12H2,1-2H3. The average molecular weight is 481 g/mol. The van der Waals surface area contributed by atoms with Gasteiger partial charge in [0.25, 0.3) is 0 Å². The zero-order chi connectivity index (χ0) is 21.2. The zero-order valence-electron chi connectivity index (χ0n) is 16.0. The minimum absolute atomic E-state index is 0.0784. The molecule has 0 radical (unpaired) electrons. The van der Waals surface area contributed by atoms with Crippen LogP contribution in [-0.4, -0.2) is 33.9 Å². The second-order valence-corrected chi connectivity index (χ2v) is 9.35. The van der Waals surface area contributed by atoms with Gasteiger partial charge in [-0.15, -0.1) is 0 Å². The van der Waals surface area contributed by atoms with Crippen molar-refractivity contribution in [1.29, 1.82) is 0 Å². The Bertz CT molecular complexity index is 1050. The molecule has 0 saturated carbocycles. The molecular weight excluding hydrogens is 460 g/mol. The minimum Gasteiger partial charge on any atom is -0.469 e. The fourth-order valence-electron chi connectivity index (χ4n) is 3.33. The van der Waals surface area contributed by atoms with Crippen LogP contribution in [0.1, 0.15) is 30.5 Å². The molecule has 0 aromatic heterocycles. The molecule has 1 aliphatic heterocycles. The summed E-state index contributed by atoms with van der Waals surface area (Å²) >= 11 is 3.36. The number of rotatable bonds is 6. The lowest BCUT2D eigenvalue weighted by Gasteiger charge is -2.19. The Morgan fingerprint density at radius 1 is 1.24 bits per heavy atom. The first-order valence-electron chi connectivity index (χ1n) is 8.97. The van der Waals surface area contributed by atoms with Crippen LogP contribution in [-0.2, 0) is 30.8 Å². The first kappa shape index (κ1) is 21.5. The van der Waals surface area contributed by atoms with Crippen LogP contribution in [0.3, 0.4) is 0 Å². The van der Waals surface area contributed by atoms with Crippen molar-refractivity contribution in [2.45, 2.75) is 30.7 Å². The summed E-state index contributed by atoms with van der Waals surface area (Å²) in [5.74, 6) is -0.603. The fraction of sp³-hybridized carbons (Fsp3) is 0.300. The van der Waals surface area contributed by atoms with Crippen molar-refractivity contribution in [2.75, 3.05) is 18.6 Å². The number of carbonyl (C=O) groups excluding carboxylic acids is 2. The largest absolute Gasteiger partial charge is 0.469 e. The summed E-state index contributed by atoms with van der Waals surface area (Å²) in [5, 5.41) is 0. The SMILES string of the molecule is COC(=O)CC(NS(=O)(=O)c1ccc2c(c1)CCN2C(C)=O)c1cccc(Br)c1. The molecule has 9 heteroatoms. The van der Waals surface area contributed by atoms with E-state index in [0.717, 1.165) is 15.7 Å². The Kier molecular flexibility index (Phi) is 6.40. The van der Waals surface area contributed by atoms with E-state index in [1.54, 1.807) is 35.2 Å². The fourth-order valence-corrected chi connectivity index (χ4v) is 5.02. The molecule has 154 valence electrons. The van der Waals surface area contributed by atoms with Crippen LogP contribution in [0.2, 0.25) is 0 Å². The van der Waals surface area contributed by atoms with E-state index < -0.39 is 22.0 Å². The van der Waals surface area contributed by atoms with Crippen LogP contribution in [0, 0.1) is 0 Å². The molecule has 3 rings (SSSR count). The van der Waals surface area contributed by atoms with Crippen molar-refractivity contribution in [3.63, 3.8) is 0 Å². The number of methoxy groups -OCH3 is 1. The molecule has 1 aliphatic rings. The molecular formula is C20H21BrN2O5S. The van der Waals surface area contributed by atoms with Gasteiger partial charge >= 0.3 is 5.97 Å². The van der Waals surface area contributed by atoms with Gasteiger partial charge in [-0.05, 0) is 47.9 Å². The zero-order valence-corrected chi connectivity index (χ0v) is 18.4. The minimum atomic E-state index is -3.91. The second kappa shape index (κ2) is 8.64. The Hall–Kier alpha value is -2.23. The Morgan fingerprint density at radius 3 is 2.66 bits per heavy atom. The number of carbonyl (C=O) groups is 2. The number of benzene rings is 2. The number of nitrogens with one attached hydrogen (secondary N) is 1. The van der Waals surface area contributed by atoms with Gasteiger partial charge in [0.1, 0.15) is 0 Å². The van der Waals surface area contributed by atoms with E-state index in [9.17, 15) is 18.0 Å². The van der Waals surface area contributed by atoms with Gasteiger partial charge in [-0.1, -0.05) is 28.1 Å². The van der Waals surface area contributed by atoms with Gasteiger partial charge < -0.3 is 9.64 Å². The number of amides is 1. The van der Waals surface area contributed by atoms with Crippen molar-refractivity contribution in [3.05, 3.63) is 58.1 Å². The number of halogens is 1. The highest BCUT2D eigenvalue weighted by Crippen LogP contribution is 2.31. The summed E-state index contributed by atoms with van der Waals surface area (Å²) in [6.45, 7) is 2.02. The number of sulfonamides is 1. The highest BCUT2D eigenvalue weighted by Gasteiger charge is 2.27. The lowest BCUT2D eigenvalue weighted by atomic mass is 10.1. The van der Waals surface area contributed by atoms with Crippen LogP contribution in [0.5, 0.6) is 0 Å².